The fraction of sp³-hybridized carbons (Fsp3) is 0.250. The third-order valence-corrected chi connectivity index (χ3v) is 7.30. The third kappa shape index (κ3) is 3.41. The van der Waals surface area contributed by atoms with Gasteiger partial charge in [0.25, 0.3) is 0 Å². The van der Waals surface area contributed by atoms with E-state index in [0.717, 1.165) is 6.16 Å². The first kappa shape index (κ1) is 13.9. The maximum atomic E-state index is 4.27. The van der Waals surface area contributed by atoms with E-state index in [0.29, 0.717) is 0 Å². The van der Waals surface area contributed by atoms with Crippen LogP contribution in [0.4, 0.5) is 0 Å². The molecule has 0 aliphatic rings. The SMILES string of the molecule is C=C(/C=C\C=C/C)[P+](C)(CC)c1ccccc1. The van der Waals surface area contributed by atoms with Gasteiger partial charge in [0.1, 0.15) is 0 Å². The lowest BCUT2D eigenvalue weighted by atomic mass is 10.4. The van der Waals surface area contributed by atoms with E-state index < -0.39 is 7.26 Å². The van der Waals surface area contributed by atoms with E-state index in [4.69, 9.17) is 0 Å². The van der Waals surface area contributed by atoms with Crippen molar-refractivity contribution in [3.8, 4) is 0 Å². The Morgan fingerprint density at radius 3 is 2.41 bits per heavy atom. The van der Waals surface area contributed by atoms with Crippen LogP contribution in [-0.2, 0) is 0 Å². The zero-order valence-corrected chi connectivity index (χ0v) is 12.0. The molecule has 0 aliphatic heterocycles. The second kappa shape index (κ2) is 6.57. The van der Waals surface area contributed by atoms with Crippen molar-refractivity contribution in [2.45, 2.75) is 13.8 Å². The Morgan fingerprint density at radius 1 is 1.24 bits per heavy atom. The summed E-state index contributed by atoms with van der Waals surface area (Å²) >= 11 is 0. The monoisotopic (exact) mass is 245 g/mol. The van der Waals surface area contributed by atoms with E-state index in [1.54, 1.807) is 0 Å². The van der Waals surface area contributed by atoms with E-state index >= 15 is 0 Å². The van der Waals surface area contributed by atoms with Crippen molar-refractivity contribution in [2.24, 2.45) is 0 Å². The molecule has 0 radical (unpaired) electrons. The molecule has 0 aromatic heterocycles. The molecule has 1 rings (SSSR count). The Morgan fingerprint density at radius 2 is 1.88 bits per heavy atom. The van der Waals surface area contributed by atoms with Gasteiger partial charge in [0.05, 0.1) is 30.7 Å². The summed E-state index contributed by atoms with van der Waals surface area (Å²) < 4.78 is 0. The van der Waals surface area contributed by atoms with Gasteiger partial charge in [-0.25, -0.2) is 0 Å². The lowest BCUT2D eigenvalue weighted by molar-refractivity contribution is 1.47. The molecule has 0 nitrogen and oxygen atoms in total. The van der Waals surface area contributed by atoms with Gasteiger partial charge in [0.15, 0.2) is 0 Å². The van der Waals surface area contributed by atoms with E-state index in [9.17, 15) is 0 Å². The van der Waals surface area contributed by atoms with Crippen molar-refractivity contribution in [1.82, 2.24) is 0 Å². The van der Waals surface area contributed by atoms with Gasteiger partial charge in [-0.15, -0.1) is 0 Å². The number of allylic oxidation sites excluding steroid dienone is 5. The maximum Gasteiger partial charge on any atom is 0.0988 e. The molecule has 0 saturated heterocycles. The smallest absolute Gasteiger partial charge is 0.0877 e. The summed E-state index contributed by atoms with van der Waals surface area (Å²) in [6.07, 6.45) is 9.49. The average Bonchev–Trinajstić information content (AvgIpc) is 2.39. The highest BCUT2D eigenvalue weighted by molar-refractivity contribution is 7.86. The Hall–Kier alpha value is -1.13. The van der Waals surface area contributed by atoms with Crippen LogP contribution in [0.15, 0.2) is 66.5 Å². The molecular formula is C16H22P+. The molecule has 1 heteroatoms. The highest BCUT2D eigenvalue weighted by Gasteiger charge is 2.34. The van der Waals surface area contributed by atoms with Crippen LogP contribution in [0.5, 0.6) is 0 Å². The molecule has 0 aliphatic carbocycles. The zero-order chi connectivity index (χ0) is 12.7. The number of rotatable bonds is 5. The van der Waals surface area contributed by atoms with Crippen molar-refractivity contribution in [3.63, 3.8) is 0 Å². The minimum Gasteiger partial charge on any atom is -0.0877 e. The van der Waals surface area contributed by atoms with Gasteiger partial charge >= 0.3 is 0 Å². The first-order chi connectivity index (χ1) is 8.15. The molecule has 0 bridgehead atoms. The summed E-state index contributed by atoms with van der Waals surface area (Å²) in [4.78, 5) is 0. The van der Waals surface area contributed by atoms with Crippen LogP contribution in [0.3, 0.4) is 0 Å². The molecule has 0 N–H and O–H groups in total. The van der Waals surface area contributed by atoms with Gasteiger partial charge in [0.2, 0.25) is 0 Å². The van der Waals surface area contributed by atoms with Crippen LogP contribution in [0.1, 0.15) is 13.8 Å². The maximum absolute atomic E-state index is 4.27. The van der Waals surface area contributed by atoms with E-state index in [-0.39, 0.29) is 0 Å². The topological polar surface area (TPSA) is 0 Å². The molecule has 0 fully saturated rings. The van der Waals surface area contributed by atoms with Crippen LogP contribution < -0.4 is 5.30 Å². The van der Waals surface area contributed by atoms with E-state index in [1.165, 1.54) is 10.6 Å². The fourth-order valence-electron chi connectivity index (χ4n) is 1.75. The Labute approximate surface area is 106 Å². The van der Waals surface area contributed by atoms with Crippen LogP contribution in [-0.4, -0.2) is 12.8 Å². The van der Waals surface area contributed by atoms with Gasteiger partial charge < -0.3 is 0 Å². The summed E-state index contributed by atoms with van der Waals surface area (Å²) in [5, 5.41) is 2.71. The normalized spacial score (nSPS) is 15.2. The molecule has 1 aromatic carbocycles. The summed E-state index contributed by atoms with van der Waals surface area (Å²) in [5.74, 6) is 0. The van der Waals surface area contributed by atoms with Crippen molar-refractivity contribution in [2.75, 3.05) is 12.8 Å². The van der Waals surface area contributed by atoms with Crippen LogP contribution >= 0.6 is 7.26 Å². The third-order valence-electron chi connectivity index (χ3n) is 3.18. The Kier molecular flexibility index (Phi) is 5.38. The van der Waals surface area contributed by atoms with Crippen molar-refractivity contribution in [1.29, 1.82) is 0 Å². The standard InChI is InChI=1S/C16H22P/c1-5-7-9-12-15(3)17(4,6-2)16-13-10-8-11-14-16/h5,7-14H,3,6H2,1-2,4H3/q+1/b7-5-,12-9-. The number of benzene rings is 1. The molecule has 0 spiro atoms. The lowest BCUT2D eigenvalue weighted by Gasteiger charge is -2.21. The molecule has 17 heavy (non-hydrogen) atoms. The fourth-order valence-corrected chi connectivity index (χ4v) is 4.10. The van der Waals surface area contributed by atoms with Crippen molar-refractivity contribution < 1.29 is 0 Å². The summed E-state index contributed by atoms with van der Waals surface area (Å²) in [6, 6.07) is 10.8. The number of hydrogen-bond acceptors (Lipinski definition) is 0. The molecular weight excluding hydrogens is 223 g/mol. The number of hydrogen-bond donors (Lipinski definition) is 0. The Bertz CT molecular complexity index is 414. The van der Waals surface area contributed by atoms with E-state index in [1.807, 2.05) is 13.0 Å². The largest absolute Gasteiger partial charge is 0.0988 e. The summed E-state index contributed by atoms with van der Waals surface area (Å²) in [5.41, 5.74) is 0. The lowest BCUT2D eigenvalue weighted by Crippen LogP contribution is -2.12. The van der Waals surface area contributed by atoms with E-state index in [2.05, 4.69) is 68.7 Å². The molecule has 1 unspecified atom stereocenters. The minimum atomic E-state index is -1.25. The quantitative estimate of drug-likeness (QED) is 0.524. The highest BCUT2D eigenvalue weighted by Crippen LogP contribution is 2.60. The molecule has 0 amide bonds. The Balaban J connectivity index is 3.00. The van der Waals surface area contributed by atoms with Gasteiger partial charge in [-0.3, -0.25) is 0 Å². The molecule has 90 valence electrons. The van der Waals surface area contributed by atoms with Crippen molar-refractivity contribution in [3.05, 3.63) is 66.5 Å². The van der Waals surface area contributed by atoms with Crippen LogP contribution in [0.25, 0.3) is 0 Å². The van der Waals surface area contributed by atoms with Crippen LogP contribution in [0, 0.1) is 0 Å². The highest BCUT2D eigenvalue weighted by atomic mass is 31.2. The van der Waals surface area contributed by atoms with Crippen molar-refractivity contribution >= 4 is 12.6 Å². The van der Waals surface area contributed by atoms with Gasteiger partial charge in [0, 0.05) is 0 Å². The van der Waals surface area contributed by atoms with Gasteiger partial charge in [-0.1, -0.05) is 43.0 Å². The zero-order valence-electron chi connectivity index (χ0n) is 11.1. The molecule has 1 atom stereocenters. The first-order valence-electron chi connectivity index (χ1n) is 6.05. The first-order valence-corrected chi connectivity index (χ1v) is 8.47. The molecule has 1 aromatic rings. The second-order valence-electron chi connectivity index (χ2n) is 4.22. The van der Waals surface area contributed by atoms with Crippen LogP contribution in [0.2, 0.25) is 0 Å². The molecule has 0 saturated carbocycles. The molecule has 0 heterocycles. The summed E-state index contributed by atoms with van der Waals surface area (Å²) in [6.45, 7) is 10.9. The predicted molar refractivity (Wildman–Crippen MR) is 82.6 cm³/mol. The predicted octanol–water partition coefficient (Wildman–Crippen LogP) is 4.63. The van der Waals surface area contributed by atoms with Gasteiger partial charge in [-0.05, 0) is 32.1 Å². The average molecular weight is 245 g/mol. The minimum absolute atomic E-state index is 1.16. The second-order valence-corrected chi connectivity index (χ2v) is 8.33. The van der Waals surface area contributed by atoms with Gasteiger partial charge in [-0.2, -0.15) is 0 Å². The summed E-state index contributed by atoms with van der Waals surface area (Å²) in [7, 11) is -1.25.